The van der Waals surface area contributed by atoms with Gasteiger partial charge in [0.2, 0.25) is 0 Å². The van der Waals surface area contributed by atoms with Gasteiger partial charge in [0.15, 0.2) is 6.29 Å². The van der Waals surface area contributed by atoms with Crippen molar-refractivity contribution >= 4 is 0 Å². The molecule has 5 rings (SSSR count). The SMILES string of the molecule is CC[C@H](CC[C@@H](C)[C@H]1CC[C@H]2[C@@H]3CC=C4C(C)(C)[C@@H](O[C@@H]5O[C@H](CO)[C@@H](O)[C@H](O)[C@H]5O)CC[C@]4(C)[C@H]3CC[C@]12C)C(C)C. The lowest BCUT2D eigenvalue weighted by Gasteiger charge is -2.62. The number of aliphatic hydroxyl groups is 4. The van der Waals surface area contributed by atoms with Crippen molar-refractivity contribution in [2.45, 2.75) is 156 Å². The van der Waals surface area contributed by atoms with Crippen LogP contribution >= 0.6 is 0 Å². The Morgan fingerprint density at radius 3 is 2.28 bits per heavy atom. The number of hydrogen-bond acceptors (Lipinski definition) is 6. The summed E-state index contributed by atoms with van der Waals surface area (Å²) in [5, 5.41) is 40.9. The van der Waals surface area contributed by atoms with Crippen LogP contribution < -0.4 is 0 Å². The van der Waals surface area contributed by atoms with Gasteiger partial charge in [-0.2, -0.15) is 0 Å². The van der Waals surface area contributed by atoms with Crippen LogP contribution in [0.2, 0.25) is 0 Å². The minimum Gasteiger partial charge on any atom is -0.394 e. The lowest BCUT2D eigenvalue weighted by atomic mass is 9.44. The van der Waals surface area contributed by atoms with Crippen molar-refractivity contribution < 1.29 is 29.9 Å². The molecule has 4 N–H and O–H groups in total. The maximum atomic E-state index is 10.7. The summed E-state index contributed by atoms with van der Waals surface area (Å²) in [5.74, 6) is 5.55. The van der Waals surface area contributed by atoms with Crippen molar-refractivity contribution in [3.8, 4) is 0 Å². The first-order valence-corrected chi connectivity index (χ1v) is 17.9. The second-order valence-electron chi connectivity index (χ2n) is 16.9. The molecule has 0 unspecified atom stereocenters. The van der Waals surface area contributed by atoms with Gasteiger partial charge in [-0.1, -0.05) is 79.9 Å². The Balaban J connectivity index is 1.30. The molecular weight excluding hydrogens is 540 g/mol. The van der Waals surface area contributed by atoms with E-state index in [1.807, 2.05) is 0 Å². The lowest BCUT2D eigenvalue weighted by Crippen LogP contribution is -2.61. The van der Waals surface area contributed by atoms with Crippen molar-refractivity contribution in [1.29, 1.82) is 0 Å². The van der Waals surface area contributed by atoms with E-state index in [2.05, 4.69) is 61.5 Å². The number of aliphatic hydroxyl groups excluding tert-OH is 4. The molecule has 0 aromatic heterocycles. The van der Waals surface area contributed by atoms with Gasteiger partial charge in [-0.25, -0.2) is 0 Å². The Kier molecular flexibility index (Phi) is 9.92. The molecule has 0 aromatic rings. The summed E-state index contributed by atoms with van der Waals surface area (Å²) in [6, 6.07) is 0. The Bertz CT molecular complexity index is 992. The Labute approximate surface area is 262 Å². The smallest absolute Gasteiger partial charge is 0.187 e. The zero-order chi connectivity index (χ0) is 31.5. The summed E-state index contributed by atoms with van der Waals surface area (Å²) in [6.45, 7) is 19.0. The third-order valence-corrected chi connectivity index (χ3v) is 14.3. The fourth-order valence-electron chi connectivity index (χ4n) is 11.6. The summed E-state index contributed by atoms with van der Waals surface area (Å²) < 4.78 is 12.2. The van der Waals surface area contributed by atoms with Crippen LogP contribution in [0.25, 0.3) is 0 Å². The lowest BCUT2D eigenvalue weighted by molar-refractivity contribution is -0.320. The number of allylic oxidation sites excluding steroid dienone is 1. The van der Waals surface area contributed by atoms with Gasteiger partial charge in [0.05, 0.1) is 12.7 Å². The monoisotopic (exact) mass is 604 g/mol. The van der Waals surface area contributed by atoms with Crippen LogP contribution in [-0.2, 0) is 9.47 Å². The summed E-state index contributed by atoms with van der Waals surface area (Å²) in [6.07, 6.45) is 8.76. The first kappa shape index (κ1) is 33.9. The van der Waals surface area contributed by atoms with E-state index in [1.54, 1.807) is 0 Å². The van der Waals surface area contributed by atoms with Crippen LogP contribution in [0.3, 0.4) is 0 Å². The van der Waals surface area contributed by atoms with Crippen LogP contribution in [0.5, 0.6) is 0 Å². The quantitative estimate of drug-likeness (QED) is 0.225. The van der Waals surface area contributed by atoms with Crippen molar-refractivity contribution in [2.75, 3.05) is 6.61 Å². The zero-order valence-corrected chi connectivity index (χ0v) is 28.5. The molecule has 1 heterocycles. The van der Waals surface area contributed by atoms with Crippen LogP contribution in [0.4, 0.5) is 0 Å². The molecule has 6 heteroatoms. The van der Waals surface area contributed by atoms with Crippen LogP contribution in [-0.4, -0.2) is 63.8 Å². The minimum absolute atomic E-state index is 0.137. The molecule has 4 aliphatic carbocycles. The Hall–Kier alpha value is -0.500. The summed E-state index contributed by atoms with van der Waals surface area (Å²) >= 11 is 0. The molecule has 43 heavy (non-hydrogen) atoms. The van der Waals surface area contributed by atoms with E-state index in [9.17, 15) is 20.4 Å². The second-order valence-corrected chi connectivity index (χ2v) is 16.9. The fraction of sp³-hybridized carbons (Fsp3) is 0.946. The average molecular weight is 605 g/mol. The molecule has 3 saturated carbocycles. The molecule has 0 spiro atoms. The zero-order valence-electron chi connectivity index (χ0n) is 28.5. The molecule has 1 saturated heterocycles. The first-order valence-electron chi connectivity index (χ1n) is 17.9. The van der Waals surface area contributed by atoms with Gasteiger partial charge in [-0.3, -0.25) is 0 Å². The first-order chi connectivity index (χ1) is 20.2. The number of rotatable bonds is 9. The fourth-order valence-corrected chi connectivity index (χ4v) is 11.6. The highest BCUT2D eigenvalue weighted by atomic mass is 16.7. The normalized spacial score (nSPS) is 47.3. The molecular formula is C37H64O6. The topological polar surface area (TPSA) is 99.4 Å². The van der Waals surface area contributed by atoms with Gasteiger partial charge in [0.25, 0.3) is 0 Å². The van der Waals surface area contributed by atoms with E-state index in [1.165, 1.54) is 50.5 Å². The van der Waals surface area contributed by atoms with Crippen molar-refractivity contribution in [3.63, 3.8) is 0 Å². The molecule has 0 amide bonds. The second kappa shape index (κ2) is 12.6. The highest BCUT2D eigenvalue weighted by Gasteiger charge is 2.62. The highest BCUT2D eigenvalue weighted by Crippen LogP contribution is 2.69. The Morgan fingerprint density at radius 2 is 1.63 bits per heavy atom. The minimum atomic E-state index is -1.42. The standard InChI is InChI=1S/C37H64O6/c1-9-23(21(2)3)11-10-22(4)25-13-14-26-24-12-15-29-35(5,6)30(17-19-37(29,8)27(24)16-18-36(25,26)7)43-34-33(41)32(40)31(39)28(20-38)42-34/h15,21-28,30-34,38-41H,9-14,16-20H2,1-8H3/t22-,23-,24+,25-,26+,27+,28-,30+,31-,32+,33-,34+,36-,37-/m1/s1. The van der Waals surface area contributed by atoms with Crippen LogP contribution in [0.1, 0.15) is 120 Å². The molecule has 4 fully saturated rings. The van der Waals surface area contributed by atoms with E-state index in [-0.39, 0.29) is 16.9 Å². The third kappa shape index (κ3) is 5.71. The van der Waals surface area contributed by atoms with E-state index < -0.39 is 37.3 Å². The molecule has 0 radical (unpaired) electrons. The van der Waals surface area contributed by atoms with Gasteiger partial charge in [0, 0.05) is 5.41 Å². The van der Waals surface area contributed by atoms with E-state index >= 15 is 0 Å². The molecule has 0 bridgehead atoms. The molecule has 0 aromatic carbocycles. The maximum absolute atomic E-state index is 10.7. The molecule has 14 atom stereocenters. The van der Waals surface area contributed by atoms with E-state index in [4.69, 9.17) is 9.47 Å². The van der Waals surface area contributed by atoms with E-state index in [0.29, 0.717) is 11.3 Å². The van der Waals surface area contributed by atoms with Crippen molar-refractivity contribution in [1.82, 2.24) is 0 Å². The summed E-state index contributed by atoms with van der Waals surface area (Å²) in [4.78, 5) is 0. The van der Waals surface area contributed by atoms with E-state index in [0.717, 1.165) is 54.8 Å². The summed E-state index contributed by atoms with van der Waals surface area (Å²) in [7, 11) is 0. The predicted molar refractivity (Wildman–Crippen MR) is 170 cm³/mol. The van der Waals surface area contributed by atoms with Crippen molar-refractivity contribution in [2.24, 2.45) is 57.7 Å². The third-order valence-electron chi connectivity index (χ3n) is 14.3. The number of hydrogen-bond donors (Lipinski definition) is 4. The molecule has 5 aliphatic rings. The van der Waals surface area contributed by atoms with Crippen molar-refractivity contribution in [3.05, 3.63) is 11.6 Å². The number of ether oxygens (including phenoxy) is 2. The number of fused-ring (bicyclic) bond motifs is 5. The molecule has 248 valence electrons. The highest BCUT2D eigenvalue weighted by molar-refractivity contribution is 5.31. The van der Waals surface area contributed by atoms with Gasteiger partial charge < -0.3 is 29.9 Å². The Morgan fingerprint density at radius 1 is 0.907 bits per heavy atom. The van der Waals surface area contributed by atoms with Gasteiger partial charge in [-0.05, 0) is 104 Å². The molecule has 1 aliphatic heterocycles. The maximum Gasteiger partial charge on any atom is 0.187 e. The van der Waals surface area contributed by atoms with Gasteiger partial charge >= 0.3 is 0 Å². The molecule has 6 nitrogen and oxygen atoms in total. The predicted octanol–water partition coefficient (Wildman–Crippen LogP) is 6.49. The van der Waals surface area contributed by atoms with Crippen LogP contribution in [0.15, 0.2) is 11.6 Å². The van der Waals surface area contributed by atoms with Gasteiger partial charge in [-0.15, -0.1) is 0 Å². The van der Waals surface area contributed by atoms with Gasteiger partial charge in [0.1, 0.15) is 24.4 Å². The average Bonchev–Trinajstić information content (AvgIpc) is 3.32. The summed E-state index contributed by atoms with van der Waals surface area (Å²) in [5.41, 5.74) is 1.84. The van der Waals surface area contributed by atoms with Crippen LogP contribution in [0, 0.1) is 57.7 Å². The largest absolute Gasteiger partial charge is 0.394 e.